The van der Waals surface area contributed by atoms with E-state index < -0.39 is 5.97 Å². The van der Waals surface area contributed by atoms with Crippen molar-refractivity contribution >= 4 is 23.4 Å². The number of rotatable bonds is 5. The molecule has 0 radical (unpaired) electrons. The third kappa shape index (κ3) is 3.41. The van der Waals surface area contributed by atoms with E-state index in [0.29, 0.717) is 22.9 Å². The van der Waals surface area contributed by atoms with Gasteiger partial charge in [0.15, 0.2) is 0 Å². The number of hydrogen-bond acceptors (Lipinski definition) is 5. The van der Waals surface area contributed by atoms with Crippen LogP contribution in [0.25, 0.3) is 0 Å². The SMILES string of the molecule is Nc1ccc(C(=O)O)nc1SCCCO. The van der Waals surface area contributed by atoms with Crippen LogP contribution >= 0.6 is 11.8 Å². The van der Waals surface area contributed by atoms with Crippen molar-refractivity contribution in [1.29, 1.82) is 0 Å². The topological polar surface area (TPSA) is 96.4 Å². The molecule has 0 unspecified atom stereocenters. The predicted octanol–water partition coefficient (Wildman–Crippen LogP) is 0.837. The Morgan fingerprint density at radius 3 is 2.87 bits per heavy atom. The van der Waals surface area contributed by atoms with Gasteiger partial charge in [0.1, 0.15) is 10.7 Å². The average molecular weight is 228 g/mol. The van der Waals surface area contributed by atoms with Crippen molar-refractivity contribution in [2.45, 2.75) is 11.4 Å². The van der Waals surface area contributed by atoms with Crippen LogP contribution in [0.4, 0.5) is 5.69 Å². The van der Waals surface area contributed by atoms with Gasteiger partial charge in [-0.3, -0.25) is 0 Å². The van der Waals surface area contributed by atoms with Crippen LogP contribution in [0, 0.1) is 0 Å². The zero-order chi connectivity index (χ0) is 11.3. The third-order valence-electron chi connectivity index (χ3n) is 1.65. The van der Waals surface area contributed by atoms with Crippen LogP contribution in [-0.4, -0.2) is 33.5 Å². The Labute approximate surface area is 91.3 Å². The van der Waals surface area contributed by atoms with E-state index in [2.05, 4.69) is 4.98 Å². The summed E-state index contributed by atoms with van der Waals surface area (Å²) in [6.45, 7) is 0.103. The van der Waals surface area contributed by atoms with Gasteiger partial charge in [-0.25, -0.2) is 9.78 Å². The third-order valence-corrected chi connectivity index (χ3v) is 2.74. The minimum Gasteiger partial charge on any atom is -0.477 e. The van der Waals surface area contributed by atoms with Crippen molar-refractivity contribution in [3.8, 4) is 0 Å². The Bertz CT molecular complexity index is 357. The minimum atomic E-state index is -1.07. The molecule has 0 amide bonds. The van der Waals surface area contributed by atoms with Crippen molar-refractivity contribution in [1.82, 2.24) is 4.98 Å². The summed E-state index contributed by atoms with van der Waals surface area (Å²) in [5.41, 5.74) is 6.08. The van der Waals surface area contributed by atoms with Gasteiger partial charge in [0, 0.05) is 12.4 Å². The van der Waals surface area contributed by atoms with Gasteiger partial charge in [0.2, 0.25) is 0 Å². The lowest BCUT2D eigenvalue weighted by molar-refractivity contribution is 0.0690. The minimum absolute atomic E-state index is 0.0179. The van der Waals surface area contributed by atoms with Crippen LogP contribution in [0.1, 0.15) is 16.9 Å². The van der Waals surface area contributed by atoms with Crippen molar-refractivity contribution in [2.24, 2.45) is 0 Å². The maximum absolute atomic E-state index is 10.6. The highest BCUT2D eigenvalue weighted by molar-refractivity contribution is 7.99. The largest absolute Gasteiger partial charge is 0.477 e. The molecule has 1 aromatic heterocycles. The number of carbonyl (C=O) groups is 1. The smallest absolute Gasteiger partial charge is 0.354 e. The van der Waals surface area contributed by atoms with Crippen molar-refractivity contribution < 1.29 is 15.0 Å². The summed E-state index contributed by atoms with van der Waals surface area (Å²) in [5.74, 6) is -0.407. The van der Waals surface area contributed by atoms with Crippen LogP contribution in [0.15, 0.2) is 17.2 Å². The van der Waals surface area contributed by atoms with Gasteiger partial charge in [-0.1, -0.05) is 0 Å². The Morgan fingerprint density at radius 1 is 1.53 bits per heavy atom. The number of carboxylic acids is 1. The van der Waals surface area contributed by atoms with E-state index in [1.165, 1.54) is 23.9 Å². The molecule has 5 nitrogen and oxygen atoms in total. The summed E-state index contributed by atoms with van der Waals surface area (Å²) in [6, 6.07) is 2.89. The molecule has 0 aromatic carbocycles. The molecule has 15 heavy (non-hydrogen) atoms. The van der Waals surface area contributed by atoms with E-state index in [1.807, 2.05) is 0 Å². The van der Waals surface area contributed by atoms with Crippen molar-refractivity contribution in [3.05, 3.63) is 17.8 Å². The summed E-state index contributed by atoms with van der Waals surface area (Å²) in [4.78, 5) is 14.5. The molecule has 0 atom stereocenters. The molecule has 0 saturated carbocycles. The molecule has 1 rings (SSSR count). The molecule has 0 aliphatic heterocycles. The lowest BCUT2D eigenvalue weighted by Crippen LogP contribution is -2.03. The summed E-state index contributed by atoms with van der Waals surface area (Å²) in [5, 5.41) is 17.8. The standard InChI is InChI=1S/C9H12N2O3S/c10-6-2-3-7(9(13)14)11-8(6)15-5-1-4-12/h2-3,12H,1,4-5,10H2,(H,13,14). The van der Waals surface area contributed by atoms with Gasteiger partial charge < -0.3 is 15.9 Å². The number of aromatic carboxylic acids is 1. The molecule has 82 valence electrons. The average Bonchev–Trinajstić information content (AvgIpc) is 2.20. The highest BCUT2D eigenvalue weighted by atomic mass is 32.2. The maximum atomic E-state index is 10.6. The lowest BCUT2D eigenvalue weighted by Gasteiger charge is -2.04. The number of pyridine rings is 1. The van der Waals surface area contributed by atoms with Gasteiger partial charge in [-0.2, -0.15) is 0 Å². The van der Waals surface area contributed by atoms with Gasteiger partial charge in [0.05, 0.1) is 5.69 Å². The van der Waals surface area contributed by atoms with E-state index in [0.717, 1.165) is 0 Å². The number of anilines is 1. The fourth-order valence-corrected chi connectivity index (χ4v) is 1.78. The van der Waals surface area contributed by atoms with E-state index in [4.69, 9.17) is 15.9 Å². The second kappa shape index (κ2) is 5.57. The van der Waals surface area contributed by atoms with Gasteiger partial charge in [0.25, 0.3) is 0 Å². The van der Waals surface area contributed by atoms with E-state index in [9.17, 15) is 4.79 Å². The molecular formula is C9H12N2O3S. The Morgan fingerprint density at radius 2 is 2.27 bits per heavy atom. The lowest BCUT2D eigenvalue weighted by atomic mass is 10.3. The molecule has 1 heterocycles. The molecule has 0 bridgehead atoms. The summed E-state index contributed by atoms with van der Waals surface area (Å²) in [7, 11) is 0. The molecule has 0 spiro atoms. The van der Waals surface area contributed by atoms with Crippen LogP contribution in [0.2, 0.25) is 0 Å². The fraction of sp³-hybridized carbons (Fsp3) is 0.333. The number of carboxylic acid groups (broad SMARTS) is 1. The van der Waals surface area contributed by atoms with Crippen molar-refractivity contribution in [3.63, 3.8) is 0 Å². The number of nitrogens with zero attached hydrogens (tertiary/aromatic N) is 1. The molecule has 0 fully saturated rings. The summed E-state index contributed by atoms with van der Waals surface area (Å²) in [6.07, 6.45) is 0.628. The highest BCUT2D eigenvalue weighted by Gasteiger charge is 2.08. The van der Waals surface area contributed by atoms with E-state index >= 15 is 0 Å². The van der Waals surface area contributed by atoms with Gasteiger partial charge >= 0.3 is 5.97 Å². The van der Waals surface area contributed by atoms with E-state index in [-0.39, 0.29) is 12.3 Å². The second-order valence-electron chi connectivity index (χ2n) is 2.82. The fourth-order valence-electron chi connectivity index (χ4n) is 0.919. The molecule has 6 heteroatoms. The van der Waals surface area contributed by atoms with Crippen LogP contribution in [-0.2, 0) is 0 Å². The first-order valence-corrected chi connectivity index (χ1v) is 5.37. The number of aliphatic hydroxyl groups is 1. The molecule has 0 aliphatic rings. The van der Waals surface area contributed by atoms with Gasteiger partial charge in [-0.05, 0) is 18.6 Å². The number of nitrogens with two attached hydrogens (primary N) is 1. The summed E-state index contributed by atoms with van der Waals surface area (Å²) >= 11 is 1.34. The first kappa shape index (κ1) is 11.8. The first-order chi connectivity index (χ1) is 7.15. The number of aromatic nitrogens is 1. The zero-order valence-electron chi connectivity index (χ0n) is 8.01. The predicted molar refractivity (Wildman–Crippen MR) is 58.0 cm³/mol. The summed E-state index contributed by atoms with van der Waals surface area (Å²) < 4.78 is 0. The van der Waals surface area contributed by atoms with Crippen LogP contribution in [0.5, 0.6) is 0 Å². The molecule has 1 aromatic rings. The number of hydrogen-bond donors (Lipinski definition) is 3. The first-order valence-electron chi connectivity index (χ1n) is 4.38. The number of aliphatic hydroxyl groups excluding tert-OH is 1. The zero-order valence-corrected chi connectivity index (χ0v) is 8.83. The Hall–Kier alpha value is -1.27. The maximum Gasteiger partial charge on any atom is 0.354 e. The van der Waals surface area contributed by atoms with Crippen LogP contribution in [0.3, 0.4) is 0 Å². The van der Waals surface area contributed by atoms with Gasteiger partial charge in [-0.15, -0.1) is 11.8 Å². The Kier molecular flexibility index (Phi) is 4.38. The second-order valence-corrected chi connectivity index (χ2v) is 3.91. The molecular weight excluding hydrogens is 216 g/mol. The number of nitrogen functional groups attached to an aromatic ring is 1. The van der Waals surface area contributed by atoms with Crippen molar-refractivity contribution in [2.75, 3.05) is 18.1 Å². The van der Waals surface area contributed by atoms with E-state index in [1.54, 1.807) is 0 Å². The van der Waals surface area contributed by atoms with Crippen LogP contribution < -0.4 is 5.73 Å². The number of thioether (sulfide) groups is 1. The Balaban J connectivity index is 2.76. The molecule has 4 N–H and O–H groups in total. The quantitative estimate of drug-likeness (QED) is 0.510. The monoisotopic (exact) mass is 228 g/mol. The molecule has 0 aliphatic carbocycles. The molecule has 0 saturated heterocycles. The normalized spacial score (nSPS) is 10.2. The highest BCUT2D eigenvalue weighted by Crippen LogP contribution is 2.23.